The summed E-state index contributed by atoms with van der Waals surface area (Å²) in [6.45, 7) is 1.53. The van der Waals surface area contributed by atoms with Crippen LogP contribution < -0.4 is 5.32 Å². The van der Waals surface area contributed by atoms with Crippen LogP contribution in [0.4, 0.5) is 0 Å². The van der Waals surface area contributed by atoms with Crippen molar-refractivity contribution in [2.45, 2.75) is 13.0 Å². The summed E-state index contributed by atoms with van der Waals surface area (Å²) in [7, 11) is 0. The van der Waals surface area contributed by atoms with Crippen LogP contribution in [0.1, 0.15) is 24.3 Å². The second kappa shape index (κ2) is 8.33. The van der Waals surface area contributed by atoms with Crippen molar-refractivity contribution < 1.29 is 18.7 Å². The van der Waals surface area contributed by atoms with Gasteiger partial charge in [-0.15, -0.1) is 0 Å². The number of carbonyl (C=O) groups excluding carboxylic acids is 2. The molecule has 1 aromatic carbocycles. The number of furan rings is 1. The predicted molar refractivity (Wildman–Crippen MR) is 89.4 cm³/mol. The highest BCUT2D eigenvalue weighted by Gasteiger charge is 2.10. The molecule has 5 nitrogen and oxygen atoms in total. The first-order valence-electron chi connectivity index (χ1n) is 6.99. The topological polar surface area (TPSA) is 68.5 Å². The summed E-state index contributed by atoms with van der Waals surface area (Å²) in [4.78, 5) is 23.3. The summed E-state index contributed by atoms with van der Waals surface area (Å²) >= 11 is 3.16. The van der Waals surface area contributed by atoms with Gasteiger partial charge in [-0.2, -0.15) is 0 Å². The second-order valence-corrected chi connectivity index (χ2v) is 5.56. The minimum absolute atomic E-state index is 0.154. The van der Waals surface area contributed by atoms with Gasteiger partial charge >= 0.3 is 5.97 Å². The normalized spacial score (nSPS) is 12.1. The molecule has 1 unspecified atom stereocenters. The number of amides is 1. The zero-order valence-electron chi connectivity index (χ0n) is 12.5. The van der Waals surface area contributed by atoms with Crippen molar-refractivity contribution in [3.05, 3.63) is 64.5 Å². The van der Waals surface area contributed by atoms with E-state index in [1.54, 1.807) is 12.1 Å². The summed E-state index contributed by atoms with van der Waals surface area (Å²) in [5.41, 5.74) is 0.982. The van der Waals surface area contributed by atoms with Crippen molar-refractivity contribution in [2.24, 2.45) is 0 Å². The van der Waals surface area contributed by atoms with E-state index in [9.17, 15) is 9.59 Å². The molecule has 0 fully saturated rings. The van der Waals surface area contributed by atoms with E-state index in [1.807, 2.05) is 37.3 Å². The van der Waals surface area contributed by atoms with Crippen LogP contribution in [0.5, 0.6) is 0 Å². The molecule has 120 valence electrons. The Morgan fingerprint density at radius 2 is 2.00 bits per heavy atom. The molecule has 1 atom stereocenters. The molecule has 6 heteroatoms. The zero-order valence-corrected chi connectivity index (χ0v) is 14.1. The fourth-order valence-corrected chi connectivity index (χ4v) is 2.18. The molecule has 0 radical (unpaired) electrons. The summed E-state index contributed by atoms with van der Waals surface area (Å²) in [6, 6.07) is 12.8. The van der Waals surface area contributed by atoms with E-state index in [1.165, 1.54) is 12.2 Å². The van der Waals surface area contributed by atoms with E-state index in [2.05, 4.69) is 21.2 Å². The van der Waals surface area contributed by atoms with Gasteiger partial charge in [0.1, 0.15) is 5.76 Å². The highest BCUT2D eigenvalue weighted by Crippen LogP contribution is 2.15. The maximum Gasteiger partial charge on any atom is 0.331 e. The van der Waals surface area contributed by atoms with Crippen LogP contribution in [0, 0.1) is 0 Å². The molecule has 0 aliphatic carbocycles. The molecule has 0 aliphatic rings. The molecule has 2 aromatic rings. The highest BCUT2D eigenvalue weighted by molar-refractivity contribution is 9.10. The maximum atomic E-state index is 11.8. The van der Waals surface area contributed by atoms with Gasteiger partial charge in [0.25, 0.3) is 5.91 Å². The molecule has 0 bridgehead atoms. The molecular weight excluding hydrogens is 362 g/mol. The molecule has 0 saturated carbocycles. The number of rotatable bonds is 6. The van der Waals surface area contributed by atoms with Gasteiger partial charge in [0.2, 0.25) is 0 Å². The smallest absolute Gasteiger partial charge is 0.331 e. The SMILES string of the molecule is CC(NC(=O)COC(=O)C=Cc1ccc(Br)o1)c1ccccc1. The Labute approximate surface area is 142 Å². The molecule has 2 rings (SSSR count). The van der Waals surface area contributed by atoms with Crippen LogP contribution in [0.15, 0.2) is 57.6 Å². The first-order valence-corrected chi connectivity index (χ1v) is 7.78. The maximum absolute atomic E-state index is 11.8. The van der Waals surface area contributed by atoms with E-state index in [4.69, 9.17) is 9.15 Å². The second-order valence-electron chi connectivity index (χ2n) is 4.78. The molecule has 0 saturated heterocycles. The fourth-order valence-electron chi connectivity index (χ4n) is 1.86. The number of nitrogens with one attached hydrogen (secondary N) is 1. The van der Waals surface area contributed by atoms with Gasteiger partial charge in [-0.25, -0.2) is 4.79 Å². The highest BCUT2D eigenvalue weighted by atomic mass is 79.9. The quantitative estimate of drug-likeness (QED) is 0.617. The third-order valence-electron chi connectivity index (χ3n) is 3.00. The van der Waals surface area contributed by atoms with Gasteiger partial charge in [0.05, 0.1) is 6.04 Å². The van der Waals surface area contributed by atoms with Gasteiger partial charge < -0.3 is 14.5 Å². The number of hydrogen-bond acceptors (Lipinski definition) is 4. The number of hydrogen-bond donors (Lipinski definition) is 1. The van der Waals surface area contributed by atoms with Gasteiger partial charge in [-0.05, 0) is 46.6 Å². The predicted octanol–water partition coefficient (Wildman–Crippen LogP) is 3.48. The lowest BCUT2D eigenvalue weighted by Gasteiger charge is -2.13. The molecule has 0 aliphatic heterocycles. The number of halogens is 1. The van der Waals surface area contributed by atoms with E-state index < -0.39 is 5.97 Å². The van der Waals surface area contributed by atoms with E-state index in [-0.39, 0.29) is 18.6 Å². The van der Waals surface area contributed by atoms with Crippen molar-refractivity contribution >= 4 is 33.9 Å². The minimum atomic E-state index is -0.611. The van der Waals surface area contributed by atoms with Crippen molar-refractivity contribution in [2.75, 3.05) is 6.61 Å². The Kier molecular flexibility index (Phi) is 6.17. The first kappa shape index (κ1) is 17.0. The average molecular weight is 378 g/mol. The third-order valence-corrected chi connectivity index (χ3v) is 3.43. The Balaban J connectivity index is 1.75. The molecule has 0 spiro atoms. The Morgan fingerprint density at radius 3 is 2.65 bits per heavy atom. The molecule has 1 amide bonds. The molecule has 1 N–H and O–H groups in total. The van der Waals surface area contributed by atoms with Crippen molar-refractivity contribution in [3.8, 4) is 0 Å². The minimum Gasteiger partial charge on any atom is -0.452 e. The fraction of sp³-hybridized carbons (Fsp3) is 0.176. The average Bonchev–Trinajstić information content (AvgIpc) is 2.97. The molecule has 1 aromatic heterocycles. The molecule has 1 heterocycles. The van der Waals surface area contributed by atoms with E-state index >= 15 is 0 Å². The third kappa shape index (κ3) is 5.75. The number of carbonyl (C=O) groups is 2. The van der Waals surface area contributed by atoms with Crippen LogP contribution in [-0.2, 0) is 14.3 Å². The van der Waals surface area contributed by atoms with Crippen LogP contribution in [-0.4, -0.2) is 18.5 Å². The van der Waals surface area contributed by atoms with E-state index in [0.29, 0.717) is 10.4 Å². The van der Waals surface area contributed by atoms with Crippen molar-refractivity contribution in [1.29, 1.82) is 0 Å². The number of benzene rings is 1. The summed E-state index contributed by atoms with van der Waals surface area (Å²) in [6.07, 6.45) is 2.68. The Bertz CT molecular complexity index is 694. The lowest BCUT2D eigenvalue weighted by atomic mass is 10.1. The van der Waals surface area contributed by atoms with Crippen LogP contribution in [0.2, 0.25) is 0 Å². The van der Waals surface area contributed by atoms with Gasteiger partial charge in [0.15, 0.2) is 11.3 Å². The van der Waals surface area contributed by atoms with Crippen LogP contribution in [0.3, 0.4) is 0 Å². The Hall–Kier alpha value is -2.34. The first-order chi connectivity index (χ1) is 11.0. The Morgan fingerprint density at radius 1 is 1.26 bits per heavy atom. The van der Waals surface area contributed by atoms with Gasteiger partial charge in [-0.1, -0.05) is 30.3 Å². The summed E-state index contributed by atoms with van der Waals surface area (Å²) < 4.78 is 10.7. The lowest BCUT2D eigenvalue weighted by molar-refractivity contribution is -0.144. The lowest BCUT2D eigenvalue weighted by Crippen LogP contribution is -2.30. The van der Waals surface area contributed by atoms with Crippen molar-refractivity contribution in [3.63, 3.8) is 0 Å². The van der Waals surface area contributed by atoms with Crippen LogP contribution >= 0.6 is 15.9 Å². The molecule has 23 heavy (non-hydrogen) atoms. The standard InChI is InChI=1S/C17H16BrNO4/c1-12(13-5-3-2-4-6-13)19-16(20)11-22-17(21)10-8-14-7-9-15(18)23-14/h2-10,12H,11H2,1H3,(H,19,20). The monoisotopic (exact) mass is 377 g/mol. The summed E-state index contributed by atoms with van der Waals surface area (Å²) in [5.74, 6) is -0.458. The molecular formula is C17H16BrNO4. The number of esters is 1. The van der Waals surface area contributed by atoms with Gasteiger partial charge in [0, 0.05) is 6.08 Å². The van der Waals surface area contributed by atoms with E-state index in [0.717, 1.165) is 5.56 Å². The van der Waals surface area contributed by atoms with Gasteiger partial charge in [-0.3, -0.25) is 4.79 Å². The zero-order chi connectivity index (χ0) is 16.7. The number of ether oxygens (including phenoxy) is 1. The summed E-state index contributed by atoms with van der Waals surface area (Å²) in [5, 5.41) is 2.76. The van der Waals surface area contributed by atoms with Crippen LogP contribution in [0.25, 0.3) is 6.08 Å². The van der Waals surface area contributed by atoms with Crippen molar-refractivity contribution in [1.82, 2.24) is 5.32 Å². The largest absolute Gasteiger partial charge is 0.452 e.